The van der Waals surface area contributed by atoms with Crippen molar-refractivity contribution in [1.29, 1.82) is 0 Å². The highest BCUT2D eigenvalue weighted by molar-refractivity contribution is 5.99. The van der Waals surface area contributed by atoms with Crippen molar-refractivity contribution in [1.82, 2.24) is 5.32 Å². The number of carbonyl (C=O) groups is 1. The Morgan fingerprint density at radius 2 is 2.09 bits per heavy atom. The molecule has 0 amide bonds. The number of rotatable bonds is 5. The van der Waals surface area contributed by atoms with Crippen LogP contribution in [0.25, 0.3) is 0 Å². The van der Waals surface area contributed by atoms with Crippen LogP contribution in [-0.2, 0) is 4.79 Å². The molecule has 0 aliphatic rings. The molecule has 0 atom stereocenters. The van der Waals surface area contributed by atoms with Crippen LogP contribution in [0.3, 0.4) is 0 Å². The lowest BCUT2D eigenvalue weighted by Gasteiger charge is -1.96. The van der Waals surface area contributed by atoms with E-state index in [9.17, 15) is 4.79 Å². The number of carbonyl (C=O) groups excluding carboxylic acids is 1. The van der Waals surface area contributed by atoms with Crippen molar-refractivity contribution >= 4 is 11.5 Å². The summed E-state index contributed by atoms with van der Waals surface area (Å²) in [5.41, 5.74) is 0.924. The van der Waals surface area contributed by atoms with E-state index in [2.05, 4.69) is 10.3 Å². The fourth-order valence-corrected chi connectivity index (χ4v) is 0.775. The summed E-state index contributed by atoms with van der Waals surface area (Å²) in [5, 5.41) is 2.98. The summed E-state index contributed by atoms with van der Waals surface area (Å²) in [6.07, 6.45) is 0.490. The zero-order valence-electron chi connectivity index (χ0n) is 7.48. The minimum absolute atomic E-state index is 0.177. The second kappa shape index (κ2) is 6.04. The van der Waals surface area contributed by atoms with Crippen LogP contribution in [0.2, 0.25) is 0 Å². The number of likely N-dealkylation sites (N-methyl/N-ethyl adjacent to an activating group) is 1. The third kappa shape index (κ3) is 7.19. The second-order valence-electron chi connectivity index (χ2n) is 2.60. The van der Waals surface area contributed by atoms with Crippen LogP contribution in [0.15, 0.2) is 4.99 Å². The van der Waals surface area contributed by atoms with Gasteiger partial charge in [-0.15, -0.1) is 0 Å². The highest BCUT2D eigenvalue weighted by atomic mass is 16.1. The van der Waals surface area contributed by atoms with Gasteiger partial charge < -0.3 is 5.32 Å². The maximum Gasteiger partial charge on any atom is 0.135 e. The van der Waals surface area contributed by atoms with Gasteiger partial charge in [-0.1, -0.05) is 0 Å². The monoisotopic (exact) mass is 156 g/mol. The van der Waals surface area contributed by atoms with Gasteiger partial charge in [-0.2, -0.15) is 0 Å². The van der Waals surface area contributed by atoms with Crippen LogP contribution >= 0.6 is 0 Å². The Morgan fingerprint density at radius 1 is 1.45 bits per heavy atom. The number of Topliss-reactive ketones (excluding diaryl/α,β-unsaturated/α-hetero) is 1. The maximum atomic E-state index is 10.6. The number of hydrogen-bond donors (Lipinski definition) is 1. The van der Waals surface area contributed by atoms with Crippen molar-refractivity contribution in [2.45, 2.75) is 20.3 Å². The zero-order valence-corrected chi connectivity index (χ0v) is 7.48. The molecular formula is C8H16N2O. The SMILES string of the molecule is CNCCN=C(C)CC(C)=O. The number of nitrogens with one attached hydrogen (secondary N) is 1. The van der Waals surface area contributed by atoms with Gasteiger partial charge in [0.05, 0.1) is 6.54 Å². The molecule has 0 aliphatic heterocycles. The molecule has 0 aromatic rings. The Morgan fingerprint density at radius 3 is 2.55 bits per heavy atom. The minimum atomic E-state index is 0.177. The standard InChI is InChI=1S/C8H16N2O/c1-7(6-8(2)11)10-5-4-9-3/h9H,4-6H2,1-3H3. The van der Waals surface area contributed by atoms with E-state index >= 15 is 0 Å². The highest BCUT2D eigenvalue weighted by Crippen LogP contribution is 1.87. The molecule has 0 radical (unpaired) electrons. The molecule has 0 bridgehead atoms. The summed E-state index contributed by atoms with van der Waals surface area (Å²) in [5.74, 6) is 0.177. The minimum Gasteiger partial charge on any atom is -0.318 e. The van der Waals surface area contributed by atoms with Crippen LogP contribution in [-0.4, -0.2) is 31.6 Å². The third-order valence-electron chi connectivity index (χ3n) is 1.25. The largest absolute Gasteiger partial charge is 0.318 e. The number of nitrogens with zero attached hydrogens (tertiary/aromatic N) is 1. The first-order valence-corrected chi connectivity index (χ1v) is 3.80. The number of aliphatic imine (C=N–C) groups is 1. The molecule has 3 heteroatoms. The molecule has 0 fully saturated rings. The average Bonchev–Trinajstić information content (AvgIpc) is 1.86. The summed E-state index contributed by atoms with van der Waals surface area (Å²) in [7, 11) is 1.88. The third-order valence-corrected chi connectivity index (χ3v) is 1.25. The molecule has 0 aromatic carbocycles. The average molecular weight is 156 g/mol. The molecule has 1 N–H and O–H groups in total. The van der Waals surface area contributed by atoms with Gasteiger partial charge in [0.15, 0.2) is 0 Å². The second-order valence-corrected chi connectivity index (χ2v) is 2.60. The summed E-state index contributed by atoms with van der Waals surface area (Å²) in [6, 6.07) is 0. The van der Waals surface area contributed by atoms with Gasteiger partial charge in [0.2, 0.25) is 0 Å². The zero-order chi connectivity index (χ0) is 8.69. The van der Waals surface area contributed by atoms with Gasteiger partial charge in [-0.25, -0.2) is 0 Å². The Kier molecular flexibility index (Phi) is 5.65. The van der Waals surface area contributed by atoms with Gasteiger partial charge in [0.25, 0.3) is 0 Å². The van der Waals surface area contributed by atoms with Crippen molar-refractivity contribution < 1.29 is 4.79 Å². The topological polar surface area (TPSA) is 41.5 Å². The Hall–Kier alpha value is -0.700. The summed E-state index contributed by atoms with van der Waals surface area (Å²) >= 11 is 0. The van der Waals surface area contributed by atoms with Crippen LogP contribution in [0, 0.1) is 0 Å². The van der Waals surface area contributed by atoms with Gasteiger partial charge in [-0.3, -0.25) is 9.79 Å². The Bertz CT molecular complexity index is 152. The maximum absolute atomic E-state index is 10.6. The predicted octanol–water partition coefficient (Wildman–Crippen LogP) is 0.646. The summed E-state index contributed by atoms with van der Waals surface area (Å²) in [6.45, 7) is 5.10. The Labute approximate surface area is 67.9 Å². The van der Waals surface area contributed by atoms with E-state index in [1.165, 1.54) is 0 Å². The van der Waals surface area contributed by atoms with Crippen molar-refractivity contribution in [2.75, 3.05) is 20.1 Å². The van der Waals surface area contributed by atoms with Gasteiger partial charge in [-0.05, 0) is 20.9 Å². The van der Waals surface area contributed by atoms with Crippen LogP contribution in [0.5, 0.6) is 0 Å². The fourth-order valence-electron chi connectivity index (χ4n) is 0.775. The molecule has 0 saturated carbocycles. The van der Waals surface area contributed by atoms with Crippen molar-refractivity contribution in [2.24, 2.45) is 4.99 Å². The molecule has 0 rings (SSSR count). The van der Waals surface area contributed by atoms with E-state index in [0.717, 1.165) is 18.8 Å². The summed E-state index contributed by atoms with van der Waals surface area (Å²) in [4.78, 5) is 14.8. The molecule has 0 saturated heterocycles. The van der Waals surface area contributed by atoms with E-state index in [-0.39, 0.29) is 5.78 Å². The van der Waals surface area contributed by atoms with Gasteiger partial charge in [0.1, 0.15) is 5.78 Å². The molecular weight excluding hydrogens is 140 g/mol. The van der Waals surface area contributed by atoms with Gasteiger partial charge in [0, 0.05) is 18.7 Å². The normalized spacial score (nSPS) is 11.7. The van der Waals surface area contributed by atoms with E-state index in [1.54, 1.807) is 6.92 Å². The van der Waals surface area contributed by atoms with Crippen molar-refractivity contribution in [3.05, 3.63) is 0 Å². The van der Waals surface area contributed by atoms with E-state index < -0.39 is 0 Å². The Balaban J connectivity index is 3.54. The van der Waals surface area contributed by atoms with Crippen LogP contribution in [0.4, 0.5) is 0 Å². The van der Waals surface area contributed by atoms with E-state index in [0.29, 0.717) is 6.42 Å². The number of hydrogen-bond acceptors (Lipinski definition) is 3. The van der Waals surface area contributed by atoms with E-state index in [1.807, 2.05) is 14.0 Å². The molecule has 0 spiro atoms. The molecule has 0 aromatic heterocycles. The summed E-state index contributed by atoms with van der Waals surface area (Å²) < 4.78 is 0. The van der Waals surface area contributed by atoms with Crippen molar-refractivity contribution in [3.63, 3.8) is 0 Å². The number of ketones is 1. The smallest absolute Gasteiger partial charge is 0.135 e. The molecule has 11 heavy (non-hydrogen) atoms. The quantitative estimate of drug-likeness (QED) is 0.469. The van der Waals surface area contributed by atoms with Crippen LogP contribution in [0.1, 0.15) is 20.3 Å². The lowest BCUT2D eigenvalue weighted by molar-refractivity contribution is -0.115. The first kappa shape index (κ1) is 10.3. The molecule has 3 nitrogen and oxygen atoms in total. The molecule has 64 valence electrons. The fraction of sp³-hybridized carbons (Fsp3) is 0.750. The highest BCUT2D eigenvalue weighted by Gasteiger charge is 1.94. The van der Waals surface area contributed by atoms with Gasteiger partial charge >= 0.3 is 0 Å². The van der Waals surface area contributed by atoms with Crippen LogP contribution < -0.4 is 5.32 Å². The lowest BCUT2D eigenvalue weighted by Crippen LogP contribution is -2.12. The molecule has 0 aliphatic carbocycles. The van der Waals surface area contributed by atoms with Crippen molar-refractivity contribution in [3.8, 4) is 0 Å². The molecule has 0 heterocycles. The molecule has 0 unspecified atom stereocenters. The lowest BCUT2D eigenvalue weighted by atomic mass is 10.2. The first-order chi connectivity index (χ1) is 5.16. The first-order valence-electron chi connectivity index (χ1n) is 3.80. The predicted molar refractivity (Wildman–Crippen MR) is 47.2 cm³/mol. The van der Waals surface area contributed by atoms with E-state index in [4.69, 9.17) is 0 Å².